The van der Waals surface area contributed by atoms with Crippen LogP contribution >= 0.6 is 0 Å². The molecule has 6 nitrogen and oxygen atoms in total. The number of rotatable bonds is 7. The molecule has 0 radical (unpaired) electrons. The summed E-state index contributed by atoms with van der Waals surface area (Å²) in [5.74, 6) is 0.668. The van der Waals surface area contributed by atoms with Crippen molar-refractivity contribution in [1.29, 1.82) is 0 Å². The second-order valence-electron chi connectivity index (χ2n) is 5.38. The van der Waals surface area contributed by atoms with Gasteiger partial charge in [0.15, 0.2) is 0 Å². The lowest BCUT2D eigenvalue weighted by Gasteiger charge is -2.12. The lowest BCUT2D eigenvalue weighted by molar-refractivity contribution is 0.130. The zero-order valence-corrected chi connectivity index (χ0v) is 13.9. The first-order chi connectivity index (χ1) is 11.0. The van der Waals surface area contributed by atoms with Gasteiger partial charge in [-0.2, -0.15) is 0 Å². The lowest BCUT2D eigenvalue weighted by Crippen LogP contribution is -2.12. The van der Waals surface area contributed by atoms with Crippen molar-refractivity contribution in [3.05, 3.63) is 29.8 Å². The van der Waals surface area contributed by atoms with E-state index in [9.17, 15) is 9.59 Å². The molecule has 2 amide bonds. The predicted molar refractivity (Wildman–Crippen MR) is 86.7 cm³/mol. The molecule has 1 unspecified atom stereocenters. The van der Waals surface area contributed by atoms with Gasteiger partial charge in [0, 0.05) is 0 Å². The van der Waals surface area contributed by atoms with Gasteiger partial charge in [-0.05, 0) is 37.0 Å². The Labute approximate surface area is 136 Å². The largest absolute Gasteiger partial charge is 0.458 e. The van der Waals surface area contributed by atoms with E-state index in [1.165, 1.54) is 0 Å². The summed E-state index contributed by atoms with van der Waals surface area (Å²) in [6.45, 7) is 6.34. The molecule has 0 N–H and O–H groups in total. The minimum Gasteiger partial charge on any atom is -0.447 e. The normalized spacial score (nSPS) is 12.1. The summed E-state index contributed by atoms with van der Waals surface area (Å²) in [7, 11) is 0. The van der Waals surface area contributed by atoms with Crippen LogP contribution in [0, 0.1) is 12.8 Å². The summed E-state index contributed by atoms with van der Waals surface area (Å²) in [6, 6.07) is 6.94. The molecule has 0 bridgehead atoms. The molecule has 0 saturated heterocycles. The van der Waals surface area contributed by atoms with E-state index >= 15 is 0 Å². The van der Waals surface area contributed by atoms with E-state index in [0.717, 1.165) is 31.2 Å². The SMILES string of the molecule is CCCCC(CC)COC(=O)/N=N/C(=O)Oc1cccc(C)c1. The van der Waals surface area contributed by atoms with Gasteiger partial charge in [-0.3, -0.25) is 0 Å². The number of azo groups is 1. The Morgan fingerprint density at radius 1 is 1.17 bits per heavy atom. The van der Waals surface area contributed by atoms with Crippen LogP contribution in [0.2, 0.25) is 0 Å². The minimum absolute atomic E-state index is 0.293. The molecule has 23 heavy (non-hydrogen) atoms. The van der Waals surface area contributed by atoms with Crippen LogP contribution in [0.25, 0.3) is 0 Å². The van der Waals surface area contributed by atoms with Crippen molar-refractivity contribution in [3.63, 3.8) is 0 Å². The monoisotopic (exact) mass is 320 g/mol. The quantitative estimate of drug-likeness (QED) is 0.639. The second-order valence-corrected chi connectivity index (χ2v) is 5.38. The third-order valence-electron chi connectivity index (χ3n) is 3.39. The fourth-order valence-electron chi connectivity index (χ4n) is 2.00. The van der Waals surface area contributed by atoms with Gasteiger partial charge in [0.05, 0.1) is 6.61 Å². The van der Waals surface area contributed by atoms with Gasteiger partial charge in [0.2, 0.25) is 0 Å². The van der Waals surface area contributed by atoms with E-state index < -0.39 is 12.2 Å². The first kappa shape index (κ1) is 18.8. The number of unbranched alkanes of at least 4 members (excludes halogenated alkanes) is 1. The van der Waals surface area contributed by atoms with Crippen molar-refractivity contribution in [2.75, 3.05) is 6.61 Å². The van der Waals surface area contributed by atoms with Crippen molar-refractivity contribution in [2.24, 2.45) is 16.1 Å². The van der Waals surface area contributed by atoms with E-state index in [0.29, 0.717) is 18.3 Å². The molecule has 1 atom stereocenters. The summed E-state index contributed by atoms with van der Waals surface area (Å²) in [5, 5.41) is 6.42. The molecule has 1 aromatic carbocycles. The van der Waals surface area contributed by atoms with Crippen LogP contribution in [0.4, 0.5) is 9.59 Å². The van der Waals surface area contributed by atoms with Crippen LogP contribution < -0.4 is 4.74 Å². The number of aryl methyl sites for hydroxylation is 1. The molecule has 126 valence electrons. The van der Waals surface area contributed by atoms with Crippen molar-refractivity contribution >= 4 is 12.2 Å². The van der Waals surface area contributed by atoms with Gasteiger partial charge in [-0.25, -0.2) is 9.59 Å². The number of carbonyl (C=O) groups excluding carboxylic acids is 2. The average Bonchev–Trinajstić information content (AvgIpc) is 2.53. The van der Waals surface area contributed by atoms with Crippen LogP contribution in [0.15, 0.2) is 34.5 Å². The number of amides is 2. The molecular formula is C17H24N2O4. The summed E-state index contributed by atoms with van der Waals surface area (Å²) in [5.41, 5.74) is 0.948. The van der Waals surface area contributed by atoms with E-state index in [4.69, 9.17) is 9.47 Å². The Morgan fingerprint density at radius 2 is 1.91 bits per heavy atom. The molecule has 0 aliphatic carbocycles. The highest BCUT2D eigenvalue weighted by molar-refractivity contribution is 5.74. The average molecular weight is 320 g/mol. The molecule has 0 aliphatic heterocycles. The van der Waals surface area contributed by atoms with Gasteiger partial charge in [0.25, 0.3) is 0 Å². The number of hydrogen-bond donors (Lipinski definition) is 0. The first-order valence-corrected chi connectivity index (χ1v) is 7.92. The van der Waals surface area contributed by atoms with E-state index in [2.05, 4.69) is 24.1 Å². The van der Waals surface area contributed by atoms with Gasteiger partial charge in [-0.1, -0.05) is 55.5 Å². The topological polar surface area (TPSA) is 77.3 Å². The molecule has 0 saturated carbocycles. The Balaban J connectivity index is 2.37. The fourth-order valence-corrected chi connectivity index (χ4v) is 2.00. The lowest BCUT2D eigenvalue weighted by atomic mass is 10.0. The number of ether oxygens (including phenoxy) is 2. The first-order valence-electron chi connectivity index (χ1n) is 7.92. The third kappa shape index (κ3) is 8.09. The predicted octanol–water partition coefficient (Wildman–Crippen LogP) is 5.30. The highest BCUT2D eigenvalue weighted by atomic mass is 16.6. The number of hydrogen-bond acceptors (Lipinski definition) is 4. The second kappa shape index (κ2) is 10.5. The zero-order chi connectivity index (χ0) is 17.1. The highest BCUT2D eigenvalue weighted by Gasteiger charge is 2.10. The van der Waals surface area contributed by atoms with Crippen LogP contribution in [-0.2, 0) is 4.74 Å². The molecule has 1 rings (SSSR count). The van der Waals surface area contributed by atoms with Gasteiger partial charge in [0.1, 0.15) is 5.75 Å². The molecule has 6 heteroatoms. The summed E-state index contributed by atoms with van der Waals surface area (Å²) in [6.07, 6.45) is 2.31. The molecule has 0 heterocycles. The Kier molecular flexibility index (Phi) is 8.57. The molecule has 0 aliphatic rings. The maximum Gasteiger partial charge on any atom is 0.458 e. The summed E-state index contributed by atoms with van der Waals surface area (Å²) < 4.78 is 9.94. The Hall–Kier alpha value is -2.24. The van der Waals surface area contributed by atoms with Crippen LogP contribution in [-0.4, -0.2) is 18.8 Å². The third-order valence-corrected chi connectivity index (χ3v) is 3.39. The van der Waals surface area contributed by atoms with Gasteiger partial charge in [-0.15, -0.1) is 0 Å². The standard InChI is InChI=1S/C17H24N2O4/c1-4-6-9-14(5-2)12-22-16(20)18-19-17(21)23-15-10-7-8-13(3)11-15/h7-8,10-11,14H,4-6,9,12H2,1-3H3/b19-18+. The summed E-state index contributed by atoms with van der Waals surface area (Å²) in [4.78, 5) is 22.9. The van der Waals surface area contributed by atoms with E-state index in [1.807, 2.05) is 13.0 Å². The molecule has 1 aromatic rings. The molecular weight excluding hydrogens is 296 g/mol. The number of nitrogens with zero attached hydrogens (tertiary/aromatic N) is 2. The van der Waals surface area contributed by atoms with Gasteiger partial charge < -0.3 is 9.47 Å². The molecule has 0 fully saturated rings. The van der Waals surface area contributed by atoms with Crippen LogP contribution in [0.3, 0.4) is 0 Å². The summed E-state index contributed by atoms with van der Waals surface area (Å²) >= 11 is 0. The maximum atomic E-state index is 11.5. The van der Waals surface area contributed by atoms with Crippen LogP contribution in [0.5, 0.6) is 5.75 Å². The number of carbonyl (C=O) groups is 2. The van der Waals surface area contributed by atoms with Crippen molar-refractivity contribution in [1.82, 2.24) is 0 Å². The van der Waals surface area contributed by atoms with E-state index in [-0.39, 0.29) is 0 Å². The fraction of sp³-hybridized carbons (Fsp3) is 0.529. The smallest absolute Gasteiger partial charge is 0.447 e. The number of benzene rings is 1. The maximum absolute atomic E-state index is 11.5. The van der Waals surface area contributed by atoms with Crippen molar-refractivity contribution in [2.45, 2.75) is 46.5 Å². The van der Waals surface area contributed by atoms with Crippen LogP contribution in [0.1, 0.15) is 45.1 Å². The van der Waals surface area contributed by atoms with Crippen molar-refractivity contribution in [3.8, 4) is 5.75 Å². The van der Waals surface area contributed by atoms with Gasteiger partial charge >= 0.3 is 12.2 Å². The van der Waals surface area contributed by atoms with Crippen molar-refractivity contribution < 1.29 is 19.1 Å². The van der Waals surface area contributed by atoms with E-state index in [1.54, 1.807) is 18.2 Å². The minimum atomic E-state index is -0.953. The molecule has 0 aromatic heterocycles. The Bertz CT molecular complexity index is 543. The highest BCUT2D eigenvalue weighted by Crippen LogP contribution is 2.14. The molecule has 0 spiro atoms. The zero-order valence-electron chi connectivity index (χ0n) is 13.9. The Morgan fingerprint density at radius 3 is 2.57 bits per heavy atom.